The monoisotopic (exact) mass is 338 g/mol. The summed E-state index contributed by atoms with van der Waals surface area (Å²) in [4.78, 5) is 1.40. The summed E-state index contributed by atoms with van der Waals surface area (Å²) in [6.07, 6.45) is 0. The van der Waals surface area contributed by atoms with Crippen molar-refractivity contribution >= 4 is 27.5 Å². The lowest BCUT2D eigenvalue weighted by Crippen LogP contribution is -3.10. The first-order valence-electron chi connectivity index (χ1n) is 6.20. The summed E-state index contributed by atoms with van der Waals surface area (Å²) < 4.78 is 6.90. The molecule has 0 aromatic heterocycles. The van der Waals surface area contributed by atoms with E-state index >= 15 is 0 Å². The van der Waals surface area contributed by atoms with E-state index in [1.165, 1.54) is 16.0 Å². The summed E-state index contributed by atoms with van der Waals surface area (Å²) in [5, 5.41) is 0.780. The average molecular weight is 340 g/mol. The van der Waals surface area contributed by atoms with Gasteiger partial charge in [0.05, 0.1) is 0 Å². The minimum atomic E-state index is 0.706. The van der Waals surface area contributed by atoms with Crippen molar-refractivity contribution < 1.29 is 9.64 Å². The fraction of sp³-hybridized carbons (Fsp3) is 0.200. The highest BCUT2D eigenvalue weighted by Gasteiger charge is 2.20. The molecule has 0 saturated carbocycles. The third kappa shape index (κ3) is 3.11. The molecule has 0 bridgehead atoms. The second kappa shape index (κ2) is 5.53. The van der Waals surface area contributed by atoms with Gasteiger partial charge in [-0.2, -0.15) is 0 Å². The number of hydrogen-bond acceptors (Lipinski definition) is 1. The molecule has 0 spiro atoms. The Morgan fingerprint density at radius 3 is 2.74 bits per heavy atom. The molecule has 1 aliphatic rings. The van der Waals surface area contributed by atoms with Crippen LogP contribution in [0.2, 0.25) is 5.02 Å². The maximum atomic E-state index is 5.90. The van der Waals surface area contributed by atoms with E-state index in [0.717, 1.165) is 28.3 Å². The van der Waals surface area contributed by atoms with Gasteiger partial charge in [0.15, 0.2) is 0 Å². The first-order chi connectivity index (χ1) is 9.20. The Balaban J connectivity index is 1.73. The molecule has 1 atom stereocenters. The molecule has 3 rings (SSSR count). The largest absolute Gasteiger partial charge is 0.445 e. The van der Waals surface area contributed by atoms with Crippen LogP contribution in [0.3, 0.4) is 0 Å². The van der Waals surface area contributed by atoms with Crippen LogP contribution < -0.4 is 9.64 Å². The summed E-state index contributed by atoms with van der Waals surface area (Å²) in [6.45, 7) is 2.64. The molecule has 2 aromatic rings. The molecule has 1 heterocycles. The van der Waals surface area contributed by atoms with Gasteiger partial charge in [-0.25, -0.2) is 0 Å². The first kappa shape index (κ1) is 13.0. The number of halogens is 2. The van der Waals surface area contributed by atoms with Crippen LogP contribution in [0.25, 0.3) is 0 Å². The molecule has 2 aromatic carbocycles. The van der Waals surface area contributed by atoms with Crippen LogP contribution >= 0.6 is 27.5 Å². The Morgan fingerprint density at radius 2 is 1.95 bits per heavy atom. The predicted octanol–water partition coefficient (Wildman–Crippen LogP) is 3.04. The van der Waals surface area contributed by atoms with E-state index in [2.05, 4.69) is 34.1 Å². The second-order valence-corrected chi connectivity index (χ2v) is 6.12. The van der Waals surface area contributed by atoms with E-state index in [9.17, 15) is 0 Å². The van der Waals surface area contributed by atoms with Crippen molar-refractivity contribution in [2.45, 2.75) is 13.1 Å². The molecule has 4 heteroatoms. The highest BCUT2D eigenvalue weighted by molar-refractivity contribution is 9.10. The lowest BCUT2D eigenvalue weighted by atomic mass is 10.1. The van der Waals surface area contributed by atoms with E-state index in [4.69, 9.17) is 16.3 Å². The molecule has 98 valence electrons. The summed E-state index contributed by atoms with van der Waals surface area (Å²) >= 11 is 9.41. The SMILES string of the molecule is Clc1ccc(C[NH+]2COc3ccc(Br)cc3C2)cc1. The molecule has 1 unspecified atom stereocenters. The van der Waals surface area contributed by atoms with Crippen LogP contribution in [0.15, 0.2) is 46.9 Å². The zero-order chi connectivity index (χ0) is 13.2. The fourth-order valence-electron chi connectivity index (χ4n) is 2.33. The zero-order valence-corrected chi connectivity index (χ0v) is 12.7. The van der Waals surface area contributed by atoms with Gasteiger partial charge in [-0.3, -0.25) is 4.90 Å². The molecule has 19 heavy (non-hydrogen) atoms. The van der Waals surface area contributed by atoms with Crippen molar-refractivity contribution in [3.05, 3.63) is 63.1 Å². The molecular weight excluding hydrogens is 326 g/mol. The van der Waals surface area contributed by atoms with Gasteiger partial charge >= 0.3 is 0 Å². The maximum Gasteiger partial charge on any atom is 0.222 e. The number of ether oxygens (including phenoxy) is 1. The first-order valence-corrected chi connectivity index (χ1v) is 7.37. The fourth-order valence-corrected chi connectivity index (χ4v) is 2.87. The van der Waals surface area contributed by atoms with Crippen molar-refractivity contribution in [2.75, 3.05) is 6.73 Å². The molecule has 0 fully saturated rings. The van der Waals surface area contributed by atoms with E-state index < -0.39 is 0 Å². The van der Waals surface area contributed by atoms with Crippen LogP contribution in [0.4, 0.5) is 0 Å². The number of nitrogens with one attached hydrogen (secondary N) is 1. The highest BCUT2D eigenvalue weighted by Crippen LogP contribution is 2.23. The molecule has 2 nitrogen and oxygen atoms in total. The molecule has 0 aliphatic carbocycles. The third-order valence-electron chi connectivity index (χ3n) is 3.26. The zero-order valence-electron chi connectivity index (χ0n) is 10.3. The van der Waals surface area contributed by atoms with Gasteiger partial charge in [0, 0.05) is 20.6 Å². The van der Waals surface area contributed by atoms with Gasteiger partial charge in [-0.05, 0) is 30.3 Å². The Kier molecular flexibility index (Phi) is 3.78. The van der Waals surface area contributed by atoms with Crippen molar-refractivity contribution in [1.29, 1.82) is 0 Å². The molecule has 1 N–H and O–H groups in total. The maximum absolute atomic E-state index is 5.90. The van der Waals surface area contributed by atoms with Gasteiger partial charge < -0.3 is 4.74 Å². The normalized spacial score (nSPS) is 17.7. The average Bonchev–Trinajstić information content (AvgIpc) is 2.41. The van der Waals surface area contributed by atoms with E-state index in [1.54, 1.807) is 0 Å². The van der Waals surface area contributed by atoms with Crippen LogP contribution in [-0.4, -0.2) is 6.73 Å². The molecule has 0 radical (unpaired) electrons. The van der Waals surface area contributed by atoms with Crippen LogP contribution in [0.1, 0.15) is 11.1 Å². The second-order valence-electron chi connectivity index (χ2n) is 4.77. The molecular formula is C15H14BrClNO+. The van der Waals surface area contributed by atoms with Gasteiger partial charge in [0.2, 0.25) is 6.73 Å². The Morgan fingerprint density at radius 1 is 1.16 bits per heavy atom. The van der Waals surface area contributed by atoms with E-state index in [0.29, 0.717) is 6.73 Å². The van der Waals surface area contributed by atoms with Crippen LogP contribution in [-0.2, 0) is 13.1 Å². The number of benzene rings is 2. The molecule has 0 amide bonds. The smallest absolute Gasteiger partial charge is 0.222 e. The van der Waals surface area contributed by atoms with Gasteiger partial charge in [0.25, 0.3) is 0 Å². The van der Waals surface area contributed by atoms with Crippen molar-refractivity contribution in [3.8, 4) is 5.75 Å². The topological polar surface area (TPSA) is 13.7 Å². The van der Waals surface area contributed by atoms with Gasteiger partial charge in [0.1, 0.15) is 18.8 Å². The highest BCUT2D eigenvalue weighted by atomic mass is 79.9. The number of quaternary nitrogens is 1. The van der Waals surface area contributed by atoms with E-state index in [-0.39, 0.29) is 0 Å². The minimum absolute atomic E-state index is 0.706. The molecule has 1 aliphatic heterocycles. The van der Waals surface area contributed by atoms with Crippen molar-refractivity contribution in [2.24, 2.45) is 0 Å². The summed E-state index contributed by atoms with van der Waals surface area (Å²) in [6, 6.07) is 14.2. The summed E-state index contributed by atoms with van der Waals surface area (Å²) in [5.74, 6) is 1.00. The van der Waals surface area contributed by atoms with Crippen LogP contribution in [0.5, 0.6) is 5.75 Å². The predicted molar refractivity (Wildman–Crippen MR) is 79.5 cm³/mol. The summed E-state index contributed by atoms with van der Waals surface area (Å²) in [5.41, 5.74) is 2.53. The minimum Gasteiger partial charge on any atom is -0.445 e. The molecule has 0 saturated heterocycles. The van der Waals surface area contributed by atoms with Crippen molar-refractivity contribution in [3.63, 3.8) is 0 Å². The lowest BCUT2D eigenvalue weighted by Gasteiger charge is -2.26. The lowest BCUT2D eigenvalue weighted by molar-refractivity contribution is -0.945. The number of rotatable bonds is 2. The Hall–Kier alpha value is -1.03. The standard InChI is InChI=1S/C15H13BrClNO/c16-13-3-6-15-12(7-13)9-18(10-19-15)8-11-1-4-14(17)5-2-11/h1-7H,8-10H2/p+1. The van der Waals surface area contributed by atoms with Crippen LogP contribution in [0, 0.1) is 0 Å². The third-order valence-corrected chi connectivity index (χ3v) is 4.01. The quantitative estimate of drug-likeness (QED) is 0.888. The van der Waals surface area contributed by atoms with Crippen molar-refractivity contribution in [1.82, 2.24) is 0 Å². The Labute approximate surface area is 126 Å². The summed E-state index contributed by atoms with van der Waals surface area (Å²) in [7, 11) is 0. The van der Waals surface area contributed by atoms with Gasteiger partial charge in [-0.15, -0.1) is 0 Å². The number of fused-ring (bicyclic) bond motifs is 1. The van der Waals surface area contributed by atoms with Gasteiger partial charge in [-0.1, -0.05) is 39.7 Å². The van der Waals surface area contributed by atoms with E-state index in [1.807, 2.05) is 24.3 Å². The number of hydrogen-bond donors (Lipinski definition) is 1. The Bertz CT molecular complexity index is 585.